The number of aromatic amines is 1. The molecule has 1 aromatic heterocycles. The summed E-state index contributed by atoms with van der Waals surface area (Å²) >= 11 is 7.25. The Morgan fingerprint density at radius 3 is 2.83 bits per heavy atom. The first-order valence-corrected chi connectivity index (χ1v) is 9.64. The topological polar surface area (TPSA) is 70.7 Å². The van der Waals surface area contributed by atoms with Gasteiger partial charge in [-0.1, -0.05) is 29.8 Å². The van der Waals surface area contributed by atoms with Gasteiger partial charge < -0.3 is 5.32 Å². The average Bonchev–Trinajstić information content (AvgIpc) is 3.30. The van der Waals surface area contributed by atoms with Crippen LogP contribution in [0.5, 0.6) is 0 Å². The Balaban J connectivity index is 1.30. The van der Waals surface area contributed by atoms with E-state index in [1.54, 1.807) is 0 Å². The largest absolute Gasteiger partial charge is 0.352 e. The number of H-pyrrole nitrogens is 1. The van der Waals surface area contributed by atoms with Crippen LogP contribution >= 0.6 is 23.4 Å². The molecule has 2 aromatic rings. The number of aromatic nitrogens is 3. The summed E-state index contributed by atoms with van der Waals surface area (Å²) in [6.07, 6.45) is 5.07. The van der Waals surface area contributed by atoms with Crippen LogP contribution in [0.3, 0.4) is 0 Å². The molecule has 1 heterocycles. The van der Waals surface area contributed by atoms with E-state index in [1.165, 1.54) is 31.0 Å². The molecule has 2 bridgehead atoms. The lowest BCUT2D eigenvalue weighted by atomic mass is 9.95. The number of thioether (sulfide) groups is 1. The third-order valence-corrected chi connectivity index (χ3v) is 6.10. The van der Waals surface area contributed by atoms with Crippen molar-refractivity contribution in [3.8, 4) is 11.4 Å². The van der Waals surface area contributed by atoms with Gasteiger partial charge in [0.1, 0.15) is 0 Å². The molecule has 126 valence electrons. The fraction of sp³-hybridized carbons (Fsp3) is 0.471. The maximum atomic E-state index is 12.2. The quantitative estimate of drug-likeness (QED) is 0.798. The maximum absolute atomic E-state index is 12.2. The Labute approximate surface area is 150 Å². The van der Waals surface area contributed by atoms with E-state index in [1.807, 2.05) is 24.3 Å². The lowest BCUT2D eigenvalue weighted by Gasteiger charge is -2.22. The van der Waals surface area contributed by atoms with Gasteiger partial charge in [-0.2, -0.15) is 0 Å². The second kappa shape index (κ2) is 6.76. The molecule has 2 N–H and O–H groups in total. The molecule has 0 unspecified atom stereocenters. The molecule has 0 aliphatic heterocycles. The number of fused-ring (bicyclic) bond motifs is 2. The van der Waals surface area contributed by atoms with Gasteiger partial charge in [0.25, 0.3) is 0 Å². The number of carbonyl (C=O) groups excluding carboxylic acids is 1. The highest BCUT2D eigenvalue weighted by molar-refractivity contribution is 7.99. The summed E-state index contributed by atoms with van der Waals surface area (Å²) in [4.78, 5) is 16.6. The van der Waals surface area contributed by atoms with Crippen LogP contribution in [0.2, 0.25) is 5.02 Å². The van der Waals surface area contributed by atoms with Crippen molar-refractivity contribution in [3.05, 3.63) is 29.3 Å². The van der Waals surface area contributed by atoms with Crippen LogP contribution in [0, 0.1) is 11.8 Å². The lowest BCUT2D eigenvalue weighted by molar-refractivity contribution is -0.119. The average molecular weight is 363 g/mol. The number of carbonyl (C=O) groups is 1. The molecule has 24 heavy (non-hydrogen) atoms. The second-order valence-electron chi connectivity index (χ2n) is 6.61. The van der Waals surface area contributed by atoms with Crippen LogP contribution in [0.4, 0.5) is 0 Å². The predicted molar refractivity (Wildman–Crippen MR) is 94.9 cm³/mol. The molecule has 2 aliphatic carbocycles. The van der Waals surface area contributed by atoms with Crippen molar-refractivity contribution < 1.29 is 4.79 Å². The Bertz CT molecular complexity index is 732. The molecule has 3 atom stereocenters. The zero-order valence-electron chi connectivity index (χ0n) is 13.2. The molecule has 0 radical (unpaired) electrons. The van der Waals surface area contributed by atoms with Crippen molar-refractivity contribution in [1.29, 1.82) is 0 Å². The van der Waals surface area contributed by atoms with Crippen molar-refractivity contribution in [2.45, 2.75) is 36.9 Å². The third kappa shape index (κ3) is 3.44. The van der Waals surface area contributed by atoms with Gasteiger partial charge in [0.05, 0.1) is 5.75 Å². The summed E-state index contributed by atoms with van der Waals surface area (Å²) in [6.45, 7) is 0. The lowest BCUT2D eigenvalue weighted by Crippen LogP contribution is -2.39. The van der Waals surface area contributed by atoms with E-state index >= 15 is 0 Å². The molecule has 0 saturated heterocycles. The smallest absolute Gasteiger partial charge is 0.230 e. The molecule has 1 amide bonds. The number of nitrogens with zero attached hydrogens (tertiary/aromatic N) is 2. The second-order valence-corrected chi connectivity index (χ2v) is 7.99. The van der Waals surface area contributed by atoms with E-state index in [-0.39, 0.29) is 5.91 Å². The fourth-order valence-electron chi connectivity index (χ4n) is 3.85. The van der Waals surface area contributed by atoms with E-state index in [0.717, 1.165) is 17.9 Å². The first-order valence-electron chi connectivity index (χ1n) is 8.28. The van der Waals surface area contributed by atoms with Gasteiger partial charge in [-0.15, -0.1) is 5.10 Å². The maximum Gasteiger partial charge on any atom is 0.230 e. The van der Waals surface area contributed by atoms with E-state index < -0.39 is 0 Å². The zero-order chi connectivity index (χ0) is 16.5. The highest BCUT2D eigenvalue weighted by Crippen LogP contribution is 2.44. The third-order valence-electron chi connectivity index (χ3n) is 5.00. The Kier molecular flexibility index (Phi) is 4.50. The van der Waals surface area contributed by atoms with Crippen molar-refractivity contribution in [2.24, 2.45) is 11.8 Å². The monoisotopic (exact) mass is 362 g/mol. The van der Waals surface area contributed by atoms with Gasteiger partial charge in [-0.05, 0) is 55.4 Å². The Hall–Kier alpha value is -1.53. The molecule has 5 nitrogen and oxygen atoms in total. The van der Waals surface area contributed by atoms with E-state index in [9.17, 15) is 4.79 Å². The number of rotatable bonds is 5. The van der Waals surface area contributed by atoms with Gasteiger partial charge in [0.15, 0.2) is 5.82 Å². The number of halogens is 1. The van der Waals surface area contributed by atoms with Crippen LogP contribution in [0.1, 0.15) is 25.7 Å². The van der Waals surface area contributed by atoms with Crippen LogP contribution in [-0.2, 0) is 4.79 Å². The fourth-order valence-corrected chi connectivity index (χ4v) is 4.58. The minimum Gasteiger partial charge on any atom is -0.352 e. The number of benzene rings is 1. The number of hydrogen-bond acceptors (Lipinski definition) is 4. The highest BCUT2D eigenvalue weighted by atomic mass is 35.5. The summed E-state index contributed by atoms with van der Waals surface area (Å²) in [5.41, 5.74) is 0.921. The summed E-state index contributed by atoms with van der Waals surface area (Å²) < 4.78 is 0. The standard InChI is InChI=1S/C17H19ClN4OS/c18-13-5-3-11(4-6-13)16-20-17(22-21-16)24-9-15(23)19-14-8-10-1-2-12(14)7-10/h3-6,10,12,14H,1-2,7-9H2,(H,19,23)(H,20,21,22)/t10-,12+,14+/m0/s1. The summed E-state index contributed by atoms with van der Waals surface area (Å²) in [5, 5.41) is 11.5. The predicted octanol–water partition coefficient (Wildman–Crippen LogP) is 3.52. The van der Waals surface area contributed by atoms with Gasteiger partial charge in [0.2, 0.25) is 11.1 Å². The van der Waals surface area contributed by atoms with Crippen molar-refractivity contribution in [3.63, 3.8) is 0 Å². The molecule has 2 aliphatic rings. The SMILES string of the molecule is O=C(CSc1n[nH]c(-c2ccc(Cl)cc2)n1)N[C@@H]1C[C@H]2CC[C@@H]1C2. The van der Waals surface area contributed by atoms with Crippen LogP contribution in [-0.4, -0.2) is 32.9 Å². The molecule has 2 saturated carbocycles. The molecule has 4 rings (SSSR count). The summed E-state index contributed by atoms with van der Waals surface area (Å²) in [7, 11) is 0. The van der Waals surface area contributed by atoms with Crippen LogP contribution in [0.25, 0.3) is 11.4 Å². The van der Waals surface area contributed by atoms with Crippen molar-refractivity contribution >= 4 is 29.3 Å². The van der Waals surface area contributed by atoms with Crippen molar-refractivity contribution in [2.75, 3.05) is 5.75 Å². The molecular weight excluding hydrogens is 344 g/mol. The normalized spacial score (nSPS) is 25.1. The minimum atomic E-state index is 0.0791. The first kappa shape index (κ1) is 16.0. The van der Waals surface area contributed by atoms with Gasteiger partial charge in [0, 0.05) is 16.6 Å². The summed E-state index contributed by atoms with van der Waals surface area (Å²) in [6, 6.07) is 7.79. The van der Waals surface area contributed by atoms with Crippen molar-refractivity contribution in [1.82, 2.24) is 20.5 Å². The number of amides is 1. The Morgan fingerprint density at radius 1 is 1.29 bits per heavy atom. The van der Waals surface area contributed by atoms with E-state index in [4.69, 9.17) is 11.6 Å². The Morgan fingerprint density at radius 2 is 2.12 bits per heavy atom. The molecule has 7 heteroatoms. The first-order chi connectivity index (χ1) is 11.7. The number of hydrogen-bond donors (Lipinski definition) is 2. The number of nitrogens with one attached hydrogen (secondary N) is 2. The van der Waals surface area contributed by atoms with Gasteiger partial charge in [-0.25, -0.2) is 4.98 Å². The van der Waals surface area contributed by atoms with E-state index in [0.29, 0.717) is 33.7 Å². The van der Waals surface area contributed by atoms with Gasteiger partial charge in [-0.3, -0.25) is 9.89 Å². The zero-order valence-corrected chi connectivity index (χ0v) is 14.7. The molecule has 2 fully saturated rings. The summed E-state index contributed by atoms with van der Waals surface area (Å²) in [5.74, 6) is 2.65. The van der Waals surface area contributed by atoms with E-state index in [2.05, 4.69) is 20.5 Å². The highest BCUT2D eigenvalue weighted by Gasteiger charge is 2.39. The molecule has 0 spiro atoms. The van der Waals surface area contributed by atoms with Crippen LogP contribution in [0.15, 0.2) is 29.4 Å². The van der Waals surface area contributed by atoms with Gasteiger partial charge >= 0.3 is 0 Å². The molecule has 1 aromatic carbocycles. The molecular formula is C17H19ClN4OS. The minimum absolute atomic E-state index is 0.0791. The van der Waals surface area contributed by atoms with Crippen LogP contribution < -0.4 is 5.32 Å².